The van der Waals surface area contributed by atoms with Gasteiger partial charge in [0, 0.05) is 7.05 Å². The van der Waals surface area contributed by atoms with Crippen LogP contribution >= 0.6 is 12.2 Å². The van der Waals surface area contributed by atoms with Crippen molar-refractivity contribution >= 4 is 35.0 Å². The van der Waals surface area contributed by atoms with Crippen LogP contribution in [-0.2, 0) is 11.4 Å². The number of aryl methyl sites for hydroxylation is 1. The van der Waals surface area contributed by atoms with Crippen LogP contribution in [0.15, 0.2) is 84.6 Å². The van der Waals surface area contributed by atoms with Crippen LogP contribution in [0.25, 0.3) is 6.08 Å². The third-order valence-electron chi connectivity index (χ3n) is 4.95. The van der Waals surface area contributed by atoms with Crippen molar-refractivity contribution in [1.82, 2.24) is 4.90 Å². The highest BCUT2D eigenvalue weighted by Crippen LogP contribution is 2.28. The highest BCUT2D eigenvalue weighted by molar-refractivity contribution is 7.80. The number of thiocarbonyl (C=S) groups is 1. The fourth-order valence-corrected chi connectivity index (χ4v) is 3.63. The van der Waals surface area contributed by atoms with E-state index in [1.54, 1.807) is 9.80 Å². The van der Waals surface area contributed by atoms with Gasteiger partial charge in [0.15, 0.2) is 5.11 Å². The zero-order valence-electron chi connectivity index (χ0n) is 16.9. The minimum atomic E-state index is -0.131. The maximum atomic E-state index is 13.0. The fraction of sp³-hybridized carbons (Fsp3) is 0.120. The van der Waals surface area contributed by atoms with E-state index in [4.69, 9.17) is 17.0 Å². The van der Waals surface area contributed by atoms with E-state index in [1.165, 1.54) is 5.56 Å². The van der Waals surface area contributed by atoms with Crippen LogP contribution in [0.5, 0.6) is 5.75 Å². The van der Waals surface area contributed by atoms with Gasteiger partial charge >= 0.3 is 0 Å². The van der Waals surface area contributed by atoms with Gasteiger partial charge in [0.2, 0.25) is 0 Å². The largest absolute Gasteiger partial charge is 0.489 e. The number of nitrogens with zero attached hydrogens (tertiary/aromatic N) is 2. The maximum absolute atomic E-state index is 13.0. The van der Waals surface area contributed by atoms with Crippen molar-refractivity contribution in [1.29, 1.82) is 0 Å². The van der Waals surface area contributed by atoms with Crippen LogP contribution in [0, 0.1) is 6.92 Å². The van der Waals surface area contributed by atoms with Crippen LogP contribution in [0.1, 0.15) is 16.7 Å². The molecule has 0 spiro atoms. The lowest BCUT2D eigenvalue weighted by Crippen LogP contribution is -2.30. The SMILES string of the molecule is Cc1cccc(COc2ccc(C=C3C(=O)N(c4ccccc4)C(=S)N3C)cc2)c1. The minimum Gasteiger partial charge on any atom is -0.489 e. The standard InChI is InChI=1S/C25H22N2O2S/c1-18-7-6-8-20(15-18)17-29-22-13-11-19(12-14-22)16-23-24(28)27(25(30)26(23)2)21-9-4-3-5-10-21/h3-16H,17H2,1-2H3. The fourth-order valence-electron chi connectivity index (χ4n) is 3.35. The third kappa shape index (κ3) is 4.11. The Kier molecular flexibility index (Phi) is 5.63. The van der Waals surface area contributed by atoms with Crippen molar-refractivity contribution in [2.45, 2.75) is 13.5 Å². The molecule has 5 heteroatoms. The Balaban J connectivity index is 1.49. The molecule has 3 aromatic rings. The number of ether oxygens (including phenoxy) is 1. The van der Waals surface area contributed by atoms with Crippen molar-refractivity contribution in [2.75, 3.05) is 11.9 Å². The normalized spacial score (nSPS) is 15.2. The van der Waals surface area contributed by atoms with Crippen LogP contribution in [0.3, 0.4) is 0 Å². The molecule has 3 aromatic carbocycles. The highest BCUT2D eigenvalue weighted by Gasteiger charge is 2.36. The van der Waals surface area contributed by atoms with Gasteiger partial charge in [-0.05, 0) is 60.6 Å². The lowest BCUT2D eigenvalue weighted by atomic mass is 10.1. The molecule has 30 heavy (non-hydrogen) atoms. The molecule has 1 saturated heterocycles. The van der Waals surface area contributed by atoms with Gasteiger partial charge in [-0.3, -0.25) is 9.69 Å². The molecule has 4 nitrogen and oxygen atoms in total. The molecule has 1 heterocycles. The molecule has 1 fully saturated rings. The first kappa shape index (κ1) is 19.9. The first-order valence-corrected chi connectivity index (χ1v) is 10.1. The van der Waals surface area contributed by atoms with Crippen LogP contribution in [0.2, 0.25) is 0 Å². The van der Waals surface area contributed by atoms with Crippen molar-refractivity contribution in [3.63, 3.8) is 0 Å². The Labute approximate surface area is 182 Å². The zero-order valence-corrected chi connectivity index (χ0v) is 17.7. The van der Waals surface area contributed by atoms with Gasteiger partial charge in [-0.25, -0.2) is 0 Å². The number of likely N-dealkylation sites (N-methyl/N-ethyl adjacent to an activating group) is 1. The number of carbonyl (C=O) groups excluding carboxylic acids is 1. The van der Waals surface area contributed by atoms with Gasteiger partial charge in [-0.15, -0.1) is 0 Å². The Morgan fingerprint density at radius 3 is 2.40 bits per heavy atom. The molecule has 0 bridgehead atoms. The average molecular weight is 415 g/mol. The van der Waals surface area contributed by atoms with Crippen LogP contribution < -0.4 is 9.64 Å². The highest BCUT2D eigenvalue weighted by atomic mass is 32.1. The van der Waals surface area contributed by atoms with Gasteiger partial charge < -0.3 is 9.64 Å². The van der Waals surface area contributed by atoms with Crippen molar-refractivity contribution in [3.8, 4) is 5.75 Å². The molecule has 0 radical (unpaired) electrons. The Morgan fingerprint density at radius 1 is 0.967 bits per heavy atom. The molecule has 0 unspecified atom stereocenters. The molecule has 4 rings (SSSR count). The number of anilines is 1. The molecule has 150 valence electrons. The number of carbonyl (C=O) groups is 1. The van der Waals surface area contributed by atoms with Gasteiger partial charge in [0.25, 0.3) is 5.91 Å². The molecule has 1 amide bonds. The zero-order chi connectivity index (χ0) is 21.1. The molecule has 0 aliphatic carbocycles. The summed E-state index contributed by atoms with van der Waals surface area (Å²) in [7, 11) is 1.81. The van der Waals surface area contributed by atoms with Gasteiger partial charge in [-0.1, -0.05) is 60.2 Å². The number of para-hydroxylation sites is 1. The smallest absolute Gasteiger partial charge is 0.281 e. The first-order valence-electron chi connectivity index (χ1n) is 9.70. The minimum absolute atomic E-state index is 0.131. The number of amides is 1. The van der Waals surface area contributed by atoms with Crippen molar-refractivity contribution in [2.24, 2.45) is 0 Å². The van der Waals surface area contributed by atoms with E-state index in [0.29, 0.717) is 17.4 Å². The number of rotatable bonds is 5. The molecular formula is C25H22N2O2S. The number of benzene rings is 3. The summed E-state index contributed by atoms with van der Waals surface area (Å²) in [6.07, 6.45) is 1.85. The summed E-state index contributed by atoms with van der Waals surface area (Å²) in [6.45, 7) is 2.58. The van der Waals surface area contributed by atoms with Crippen molar-refractivity contribution < 1.29 is 9.53 Å². The quantitative estimate of drug-likeness (QED) is 0.426. The van der Waals surface area contributed by atoms with Gasteiger partial charge in [0.1, 0.15) is 18.1 Å². The molecule has 0 aromatic heterocycles. The second kappa shape index (κ2) is 8.51. The predicted octanol–water partition coefficient (Wildman–Crippen LogP) is 5.18. The monoisotopic (exact) mass is 414 g/mol. The van der Waals surface area contributed by atoms with Crippen LogP contribution in [0.4, 0.5) is 5.69 Å². The lowest BCUT2D eigenvalue weighted by Gasteiger charge is -2.16. The van der Waals surface area contributed by atoms with Crippen molar-refractivity contribution in [3.05, 3.63) is 101 Å². The van der Waals surface area contributed by atoms with E-state index >= 15 is 0 Å². The summed E-state index contributed by atoms with van der Waals surface area (Å²) in [6, 6.07) is 25.4. The Hall–Kier alpha value is -3.44. The Morgan fingerprint density at radius 2 is 1.70 bits per heavy atom. The van der Waals surface area contributed by atoms with E-state index in [-0.39, 0.29) is 5.91 Å². The first-order chi connectivity index (χ1) is 14.5. The van der Waals surface area contributed by atoms with Gasteiger partial charge in [-0.2, -0.15) is 0 Å². The maximum Gasteiger partial charge on any atom is 0.281 e. The molecule has 0 N–H and O–H groups in total. The number of hydrogen-bond donors (Lipinski definition) is 0. The van der Waals surface area contributed by atoms with Crippen LogP contribution in [-0.4, -0.2) is 23.0 Å². The molecule has 1 aliphatic rings. The lowest BCUT2D eigenvalue weighted by molar-refractivity contribution is -0.114. The average Bonchev–Trinajstić information content (AvgIpc) is 2.97. The van der Waals surface area contributed by atoms with E-state index in [2.05, 4.69) is 25.1 Å². The summed E-state index contributed by atoms with van der Waals surface area (Å²) in [5.74, 6) is 0.652. The third-order valence-corrected chi connectivity index (χ3v) is 5.40. The summed E-state index contributed by atoms with van der Waals surface area (Å²) in [4.78, 5) is 16.3. The Bertz CT molecular complexity index is 1110. The summed E-state index contributed by atoms with van der Waals surface area (Å²) >= 11 is 5.50. The van der Waals surface area contributed by atoms with E-state index in [9.17, 15) is 4.79 Å². The topological polar surface area (TPSA) is 32.8 Å². The van der Waals surface area contributed by atoms with E-state index in [0.717, 1.165) is 22.6 Å². The predicted molar refractivity (Wildman–Crippen MR) is 124 cm³/mol. The summed E-state index contributed by atoms with van der Waals surface area (Å²) < 4.78 is 5.88. The molecule has 0 atom stereocenters. The molecule has 0 saturated carbocycles. The molecular weight excluding hydrogens is 392 g/mol. The van der Waals surface area contributed by atoms with Gasteiger partial charge in [0.05, 0.1) is 5.69 Å². The number of hydrogen-bond acceptors (Lipinski definition) is 3. The second-order valence-corrected chi connectivity index (χ2v) is 7.56. The van der Waals surface area contributed by atoms with E-state index in [1.807, 2.05) is 73.8 Å². The molecule has 1 aliphatic heterocycles. The van der Waals surface area contributed by atoms with E-state index < -0.39 is 0 Å². The summed E-state index contributed by atoms with van der Waals surface area (Å²) in [5, 5.41) is 0.468. The second-order valence-electron chi connectivity index (χ2n) is 7.19. The summed E-state index contributed by atoms with van der Waals surface area (Å²) in [5.41, 5.74) is 4.56.